The van der Waals surface area contributed by atoms with Gasteiger partial charge in [-0.05, 0) is 50.1 Å². The summed E-state index contributed by atoms with van der Waals surface area (Å²) in [6.45, 7) is 6.92. The maximum absolute atomic E-state index is 6.21. The largest absolute Gasteiger partial charge is 0.310 e. The van der Waals surface area contributed by atoms with Gasteiger partial charge in [-0.25, -0.2) is 0 Å². The van der Waals surface area contributed by atoms with Crippen LogP contribution in [0.5, 0.6) is 0 Å². The van der Waals surface area contributed by atoms with E-state index in [1.807, 2.05) is 19.9 Å². The van der Waals surface area contributed by atoms with Gasteiger partial charge in [0.2, 0.25) is 0 Å². The molecule has 0 aromatic carbocycles. The number of nitrogens with one attached hydrogen (secondary N) is 1. The van der Waals surface area contributed by atoms with E-state index in [1.54, 1.807) is 12.4 Å². The van der Waals surface area contributed by atoms with Gasteiger partial charge in [0.25, 0.3) is 0 Å². The van der Waals surface area contributed by atoms with Gasteiger partial charge < -0.3 is 5.32 Å². The lowest BCUT2D eigenvalue weighted by Gasteiger charge is -2.20. The molecule has 2 heterocycles. The minimum Gasteiger partial charge on any atom is -0.310 e. The first kappa shape index (κ1) is 14.9. The molecule has 0 aliphatic carbocycles. The summed E-state index contributed by atoms with van der Waals surface area (Å²) in [6.07, 6.45) is 4.26. The molecule has 0 fully saturated rings. The molecule has 5 heteroatoms. The van der Waals surface area contributed by atoms with Gasteiger partial charge in [-0.15, -0.1) is 0 Å². The topological polar surface area (TPSA) is 50.7 Å². The fourth-order valence-corrected chi connectivity index (χ4v) is 2.45. The van der Waals surface area contributed by atoms with Crippen LogP contribution in [-0.4, -0.2) is 21.7 Å². The highest BCUT2D eigenvalue weighted by Gasteiger charge is 2.16. The van der Waals surface area contributed by atoms with Crippen molar-refractivity contribution in [1.82, 2.24) is 20.5 Å². The summed E-state index contributed by atoms with van der Waals surface area (Å²) in [5.74, 6) is 0. The number of rotatable bonds is 5. The van der Waals surface area contributed by atoms with Gasteiger partial charge in [0.1, 0.15) is 0 Å². The molecule has 0 saturated heterocycles. The van der Waals surface area contributed by atoms with Crippen molar-refractivity contribution in [2.75, 3.05) is 6.54 Å². The second-order valence-corrected chi connectivity index (χ2v) is 5.22. The molecule has 0 spiro atoms. The number of pyridine rings is 1. The van der Waals surface area contributed by atoms with Crippen LogP contribution < -0.4 is 5.32 Å². The Labute approximate surface area is 124 Å². The van der Waals surface area contributed by atoms with E-state index in [0.717, 1.165) is 29.9 Å². The molecule has 1 atom stereocenters. The molecule has 2 aromatic heterocycles. The van der Waals surface area contributed by atoms with Gasteiger partial charge in [-0.3, -0.25) is 4.98 Å². The molecule has 2 rings (SSSR count). The number of hydrogen-bond donors (Lipinski definition) is 1. The van der Waals surface area contributed by atoms with Crippen molar-refractivity contribution in [1.29, 1.82) is 0 Å². The maximum Gasteiger partial charge on any atom is 0.0648 e. The summed E-state index contributed by atoms with van der Waals surface area (Å²) in [5.41, 5.74) is 4.13. The number of aromatic nitrogens is 3. The lowest BCUT2D eigenvalue weighted by Crippen LogP contribution is -2.24. The summed E-state index contributed by atoms with van der Waals surface area (Å²) >= 11 is 6.21. The van der Waals surface area contributed by atoms with Gasteiger partial charge in [-0.2, -0.15) is 10.2 Å². The van der Waals surface area contributed by atoms with Gasteiger partial charge in [-0.1, -0.05) is 18.5 Å². The smallest absolute Gasteiger partial charge is 0.0648 e. The van der Waals surface area contributed by atoms with Gasteiger partial charge in [0.05, 0.1) is 16.4 Å². The number of nitrogens with zero attached hydrogens (tertiary/aromatic N) is 3. The average molecular weight is 291 g/mol. The van der Waals surface area contributed by atoms with Crippen LogP contribution in [0.4, 0.5) is 0 Å². The van der Waals surface area contributed by atoms with Crippen LogP contribution in [0, 0.1) is 13.8 Å². The first-order valence-corrected chi connectivity index (χ1v) is 7.12. The van der Waals surface area contributed by atoms with Crippen molar-refractivity contribution in [2.45, 2.75) is 33.2 Å². The highest BCUT2D eigenvalue weighted by Crippen LogP contribution is 2.24. The predicted octanol–water partition coefficient (Wildman–Crippen LogP) is 3.04. The van der Waals surface area contributed by atoms with Crippen LogP contribution in [0.2, 0.25) is 5.02 Å². The quantitative estimate of drug-likeness (QED) is 0.919. The molecule has 1 unspecified atom stereocenters. The average Bonchev–Trinajstić information content (AvgIpc) is 2.43. The van der Waals surface area contributed by atoms with E-state index in [0.29, 0.717) is 5.02 Å². The lowest BCUT2D eigenvalue weighted by atomic mass is 9.98. The van der Waals surface area contributed by atoms with E-state index in [-0.39, 0.29) is 6.04 Å². The van der Waals surface area contributed by atoms with Crippen LogP contribution in [-0.2, 0) is 6.42 Å². The minimum atomic E-state index is 0.175. The zero-order valence-corrected chi connectivity index (χ0v) is 12.8. The highest BCUT2D eigenvalue weighted by molar-refractivity contribution is 6.31. The molecule has 20 heavy (non-hydrogen) atoms. The van der Waals surface area contributed by atoms with E-state index in [2.05, 4.69) is 33.5 Å². The first-order valence-electron chi connectivity index (χ1n) is 6.74. The molecule has 0 saturated carbocycles. The van der Waals surface area contributed by atoms with Gasteiger partial charge in [0.15, 0.2) is 0 Å². The Kier molecular flexibility index (Phi) is 5.04. The zero-order chi connectivity index (χ0) is 14.5. The van der Waals surface area contributed by atoms with E-state index >= 15 is 0 Å². The zero-order valence-electron chi connectivity index (χ0n) is 12.0. The standard InChI is InChI=1S/C15H19ClN4/c1-4-18-15(8-12-5-6-17-9-14(12)16)13-7-10(2)19-20-11(13)3/h5-7,9,15,18H,4,8H2,1-3H3. The van der Waals surface area contributed by atoms with Crippen LogP contribution in [0.1, 0.15) is 35.5 Å². The minimum absolute atomic E-state index is 0.175. The fraction of sp³-hybridized carbons (Fsp3) is 0.400. The third-order valence-corrected chi connectivity index (χ3v) is 3.59. The van der Waals surface area contributed by atoms with E-state index < -0.39 is 0 Å². The number of halogens is 1. The Morgan fingerprint density at radius 1 is 1.30 bits per heavy atom. The first-order chi connectivity index (χ1) is 9.61. The Hall–Kier alpha value is -1.52. The van der Waals surface area contributed by atoms with Crippen molar-refractivity contribution >= 4 is 11.6 Å². The predicted molar refractivity (Wildman–Crippen MR) is 80.9 cm³/mol. The molecule has 1 N–H and O–H groups in total. The summed E-state index contributed by atoms with van der Waals surface area (Å²) in [4.78, 5) is 4.03. The molecular formula is C15H19ClN4. The van der Waals surface area contributed by atoms with Gasteiger partial charge >= 0.3 is 0 Å². The summed E-state index contributed by atoms with van der Waals surface area (Å²) in [7, 11) is 0. The number of likely N-dealkylation sites (N-methyl/N-ethyl adjacent to an activating group) is 1. The molecule has 0 aliphatic heterocycles. The Morgan fingerprint density at radius 3 is 2.80 bits per heavy atom. The summed E-state index contributed by atoms with van der Waals surface area (Å²) in [5, 5.41) is 12.5. The second kappa shape index (κ2) is 6.77. The summed E-state index contributed by atoms with van der Waals surface area (Å²) in [6, 6.07) is 4.22. The molecule has 0 amide bonds. The monoisotopic (exact) mass is 290 g/mol. The van der Waals surface area contributed by atoms with Crippen molar-refractivity contribution in [3.63, 3.8) is 0 Å². The van der Waals surface area contributed by atoms with E-state index in [9.17, 15) is 0 Å². The number of aryl methyl sites for hydroxylation is 2. The fourth-order valence-electron chi connectivity index (χ4n) is 2.25. The van der Waals surface area contributed by atoms with Crippen molar-refractivity contribution in [2.24, 2.45) is 0 Å². The maximum atomic E-state index is 6.21. The van der Waals surface area contributed by atoms with Crippen LogP contribution in [0.15, 0.2) is 24.5 Å². The second-order valence-electron chi connectivity index (χ2n) is 4.81. The lowest BCUT2D eigenvalue weighted by molar-refractivity contribution is 0.542. The molecule has 106 valence electrons. The highest BCUT2D eigenvalue weighted by atomic mass is 35.5. The SMILES string of the molecule is CCNC(Cc1ccncc1Cl)c1cc(C)nnc1C. The molecule has 4 nitrogen and oxygen atoms in total. The molecule has 2 aromatic rings. The van der Waals surface area contributed by atoms with E-state index in [1.165, 1.54) is 5.56 Å². The Bertz CT molecular complexity index is 586. The number of hydrogen-bond acceptors (Lipinski definition) is 4. The molecule has 0 radical (unpaired) electrons. The normalized spacial score (nSPS) is 12.4. The van der Waals surface area contributed by atoms with Gasteiger partial charge in [0, 0.05) is 18.4 Å². The molecule has 0 aliphatic rings. The Balaban J connectivity index is 2.32. The van der Waals surface area contributed by atoms with Crippen LogP contribution in [0.3, 0.4) is 0 Å². The van der Waals surface area contributed by atoms with Crippen LogP contribution in [0.25, 0.3) is 0 Å². The Morgan fingerprint density at radius 2 is 2.10 bits per heavy atom. The third kappa shape index (κ3) is 3.52. The molecule has 0 bridgehead atoms. The third-order valence-electron chi connectivity index (χ3n) is 3.25. The van der Waals surface area contributed by atoms with Crippen molar-refractivity contribution < 1.29 is 0 Å². The van der Waals surface area contributed by atoms with Crippen LogP contribution >= 0.6 is 11.6 Å². The molecular weight excluding hydrogens is 272 g/mol. The van der Waals surface area contributed by atoms with Crippen molar-refractivity contribution in [3.05, 3.63) is 52.1 Å². The van der Waals surface area contributed by atoms with Crippen molar-refractivity contribution in [3.8, 4) is 0 Å². The van der Waals surface area contributed by atoms with E-state index in [4.69, 9.17) is 11.6 Å². The summed E-state index contributed by atoms with van der Waals surface area (Å²) < 4.78 is 0.